The molecular weight excluding hydrogens is 573 g/mol. The Kier molecular flexibility index (Phi) is 10.8. The molecule has 8 nitrogen and oxygen atoms in total. The van der Waals surface area contributed by atoms with Crippen LogP contribution in [0.25, 0.3) is 0 Å². The average molecular weight is 607 g/mol. The van der Waals surface area contributed by atoms with E-state index >= 15 is 0 Å². The topological polar surface area (TPSA) is 96.0 Å². The second kappa shape index (κ2) is 13.9. The van der Waals surface area contributed by atoms with E-state index in [2.05, 4.69) is 5.32 Å². The van der Waals surface area contributed by atoms with Crippen LogP contribution in [0.1, 0.15) is 26.3 Å². The van der Waals surface area contributed by atoms with Crippen LogP contribution < -0.4 is 14.4 Å². The summed E-state index contributed by atoms with van der Waals surface area (Å²) in [6.07, 6.45) is 0. The maximum absolute atomic E-state index is 13.9. The molecule has 3 aromatic rings. The number of rotatable bonds is 12. The summed E-state index contributed by atoms with van der Waals surface area (Å²) in [6.45, 7) is 5.37. The Balaban J connectivity index is 2.01. The molecule has 0 aliphatic carbocycles. The molecule has 1 atom stereocenters. The Bertz CT molecular complexity index is 1420. The van der Waals surface area contributed by atoms with Gasteiger partial charge < -0.3 is 15.0 Å². The van der Waals surface area contributed by atoms with Crippen molar-refractivity contribution in [1.29, 1.82) is 0 Å². The van der Waals surface area contributed by atoms with Gasteiger partial charge in [-0.2, -0.15) is 0 Å². The molecule has 2 amide bonds. The molecule has 11 heteroatoms. The fraction of sp³-hybridized carbons (Fsp3) is 0.310. The summed E-state index contributed by atoms with van der Waals surface area (Å²) >= 11 is 12.5. The van der Waals surface area contributed by atoms with Gasteiger partial charge in [-0.3, -0.25) is 13.9 Å². The largest absolute Gasteiger partial charge is 0.497 e. The zero-order chi connectivity index (χ0) is 29.4. The van der Waals surface area contributed by atoms with E-state index < -0.39 is 28.5 Å². The third-order valence-electron chi connectivity index (χ3n) is 6.18. The van der Waals surface area contributed by atoms with Crippen LogP contribution in [0.3, 0.4) is 0 Å². The van der Waals surface area contributed by atoms with Gasteiger partial charge in [-0.15, -0.1) is 0 Å². The lowest BCUT2D eigenvalue weighted by molar-refractivity contribution is -0.139. The maximum atomic E-state index is 13.9. The lowest BCUT2D eigenvalue weighted by Gasteiger charge is -2.32. The number of anilines is 1. The first-order valence-corrected chi connectivity index (χ1v) is 14.9. The third kappa shape index (κ3) is 7.90. The Morgan fingerprint density at radius 3 is 2.17 bits per heavy atom. The summed E-state index contributed by atoms with van der Waals surface area (Å²) < 4.78 is 33.8. The highest BCUT2D eigenvalue weighted by molar-refractivity contribution is 7.92. The molecule has 0 saturated heterocycles. The van der Waals surface area contributed by atoms with E-state index in [-0.39, 0.29) is 23.3 Å². The number of halogens is 2. The summed E-state index contributed by atoms with van der Waals surface area (Å²) in [6, 6.07) is 18.2. The minimum absolute atomic E-state index is 0.0139. The highest BCUT2D eigenvalue weighted by Crippen LogP contribution is 2.27. The van der Waals surface area contributed by atoms with Gasteiger partial charge in [0.2, 0.25) is 11.8 Å². The molecule has 0 aromatic heterocycles. The molecule has 0 heterocycles. The Morgan fingerprint density at radius 1 is 0.950 bits per heavy atom. The van der Waals surface area contributed by atoms with Crippen LogP contribution in [0.2, 0.25) is 10.0 Å². The van der Waals surface area contributed by atoms with E-state index in [1.807, 2.05) is 13.8 Å². The summed E-state index contributed by atoms with van der Waals surface area (Å²) in [5.41, 5.74) is 0.861. The Labute approximate surface area is 245 Å². The van der Waals surface area contributed by atoms with Crippen molar-refractivity contribution in [1.82, 2.24) is 10.2 Å². The molecule has 1 N–H and O–H groups in total. The van der Waals surface area contributed by atoms with Crippen molar-refractivity contribution < 1.29 is 22.7 Å². The smallest absolute Gasteiger partial charge is 0.264 e. The van der Waals surface area contributed by atoms with E-state index in [9.17, 15) is 18.0 Å². The van der Waals surface area contributed by atoms with Crippen molar-refractivity contribution in [3.63, 3.8) is 0 Å². The van der Waals surface area contributed by atoms with Gasteiger partial charge in [0.15, 0.2) is 0 Å². The predicted molar refractivity (Wildman–Crippen MR) is 158 cm³/mol. The fourth-order valence-corrected chi connectivity index (χ4v) is 5.75. The summed E-state index contributed by atoms with van der Waals surface area (Å²) in [5, 5.41) is 3.60. The van der Waals surface area contributed by atoms with Crippen molar-refractivity contribution in [3.05, 3.63) is 88.4 Å². The van der Waals surface area contributed by atoms with Crippen molar-refractivity contribution in [2.24, 2.45) is 5.92 Å². The van der Waals surface area contributed by atoms with Gasteiger partial charge in [0, 0.05) is 23.1 Å². The number of hydrogen-bond acceptors (Lipinski definition) is 5. The molecule has 214 valence electrons. The normalized spacial score (nSPS) is 12.1. The van der Waals surface area contributed by atoms with E-state index in [0.717, 1.165) is 4.31 Å². The van der Waals surface area contributed by atoms with Crippen LogP contribution >= 0.6 is 23.2 Å². The molecule has 3 aromatic carbocycles. The first-order valence-electron chi connectivity index (χ1n) is 12.7. The lowest BCUT2D eigenvalue weighted by atomic mass is 10.1. The molecular formula is C29H33Cl2N3O5S. The number of benzene rings is 3. The number of ether oxygens (including phenoxy) is 1. The standard InChI is InChI=1S/C29H33Cl2N3O5S/c1-20(2)17-32-29(36)21(3)33(18-22-10-11-23(30)16-27(22)31)28(35)19-34(24-8-6-5-7-9-24)40(37,38)26-14-12-25(39-4)13-15-26/h5-16,20-21H,17-19H2,1-4H3,(H,32,36)/t21-/m1/s1. The monoisotopic (exact) mass is 605 g/mol. The second-order valence-corrected chi connectivity index (χ2v) is 12.3. The van der Waals surface area contributed by atoms with Gasteiger partial charge >= 0.3 is 0 Å². The minimum atomic E-state index is -4.18. The summed E-state index contributed by atoms with van der Waals surface area (Å²) in [4.78, 5) is 28.3. The number of amides is 2. The Morgan fingerprint density at radius 2 is 1.60 bits per heavy atom. The Hall–Kier alpha value is -3.27. The first kappa shape index (κ1) is 31.3. The zero-order valence-electron chi connectivity index (χ0n) is 22.8. The van der Waals surface area contributed by atoms with Crippen molar-refractivity contribution >= 4 is 50.7 Å². The van der Waals surface area contributed by atoms with Crippen LogP contribution in [-0.4, -0.2) is 51.4 Å². The van der Waals surface area contributed by atoms with Crippen molar-refractivity contribution in [3.8, 4) is 5.75 Å². The van der Waals surface area contributed by atoms with Crippen LogP contribution in [0.5, 0.6) is 5.75 Å². The van der Waals surface area contributed by atoms with Crippen molar-refractivity contribution in [2.45, 2.75) is 38.3 Å². The van der Waals surface area contributed by atoms with Crippen molar-refractivity contribution in [2.75, 3.05) is 24.5 Å². The molecule has 0 unspecified atom stereocenters. The molecule has 0 aliphatic heterocycles. The molecule has 0 spiro atoms. The van der Waals surface area contributed by atoms with Crippen LogP contribution in [0, 0.1) is 5.92 Å². The van der Waals surface area contributed by atoms with Crippen LogP contribution in [-0.2, 0) is 26.2 Å². The van der Waals surface area contributed by atoms with Crippen LogP contribution in [0.4, 0.5) is 5.69 Å². The number of methoxy groups -OCH3 is 1. The molecule has 40 heavy (non-hydrogen) atoms. The maximum Gasteiger partial charge on any atom is 0.264 e. The highest BCUT2D eigenvalue weighted by atomic mass is 35.5. The average Bonchev–Trinajstić information content (AvgIpc) is 2.94. The molecule has 0 bridgehead atoms. The van der Waals surface area contributed by atoms with E-state index in [4.69, 9.17) is 27.9 Å². The SMILES string of the molecule is COc1ccc(S(=O)(=O)N(CC(=O)N(Cc2ccc(Cl)cc2Cl)[C@H](C)C(=O)NCC(C)C)c2ccccc2)cc1. The van der Waals surface area contributed by atoms with Gasteiger partial charge in [0.05, 0.1) is 17.7 Å². The predicted octanol–water partition coefficient (Wildman–Crippen LogP) is 5.39. The first-order chi connectivity index (χ1) is 18.9. The number of carbonyl (C=O) groups is 2. The van der Waals surface area contributed by atoms with Crippen LogP contribution in [0.15, 0.2) is 77.7 Å². The van der Waals surface area contributed by atoms with Gasteiger partial charge in [-0.1, -0.05) is 61.3 Å². The lowest BCUT2D eigenvalue weighted by Crippen LogP contribution is -2.51. The summed E-state index contributed by atoms with van der Waals surface area (Å²) in [7, 11) is -2.69. The third-order valence-corrected chi connectivity index (χ3v) is 8.55. The number of hydrogen-bond donors (Lipinski definition) is 1. The minimum Gasteiger partial charge on any atom is -0.497 e. The molecule has 0 fully saturated rings. The van der Waals surface area contributed by atoms with Gasteiger partial charge in [-0.25, -0.2) is 8.42 Å². The molecule has 0 aliphatic rings. The van der Waals surface area contributed by atoms with Gasteiger partial charge in [0.25, 0.3) is 10.0 Å². The van der Waals surface area contributed by atoms with E-state index in [1.54, 1.807) is 55.5 Å². The number of nitrogens with one attached hydrogen (secondary N) is 1. The number of carbonyl (C=O) groups excluding carboxylic acids is 2. The zero-order valence-corrected chi connectivity index (χ0v) is 25.1. The van der Waals surface area contributed by atoms with Gasteiger partial charge in [-0.05, 0) is 66.9 Å². The van der Waals surface area contributed by atoms with E-state index in [0.29, 0.717) is 33.6 Å². The van der Waals surface area contributed by atoms with E-state index in [1.165, 1.54) is 36.3 Å². The molecule has 0 radical (unpaired) electrons. The number of nitrogens with zero attached hydrogens (tertiary/aromatic N) is 2. The summed E-state index contributed by atoms with van der Waals surface area (Å²) in [5.74, 6) is -0.252. The number of para-hydroxylation sites is 1. The fourth-order valence-electron chi connectivity index (χ4n) is 3.87. The number of sulfonamides is 1. The van der Waals surface area contributed by atoms with Gasteiger partial charge in [0.1, 0.15) is 18.3 Å². The highest BCUT2D eigenvalue weighted by Gasteiger charge is 2.32. The second-order valence-electron chi connectivity index (χ2n) is 9.60. The molecule has 0 saturated carbocycles. The molecule has 3 rings (SSSR count). The quantitative estimate of drug-likeness (QED) is 0.299.